The van der Waals surface area contributed by atoms with Crippen LogP contribution in [0.3, 0.4) is 0 Å². The molecule has 3 aromatic rings. The standard InChI is InChI=1S/C24H30N4O2/c1-17-9-5-6-10-18(17)15-28-21-12-8-7-11-20(21)26-22(28)27-14-13-19(16-27)25-23(29)30-24(2,3)4/h5-12,19H,13-16H2,1-4H3,(H,25,29)/t19-/m0/s1. The molecule has 1 aliphatic rings. The average molecular weight is 407 g/mol. The molecule has 30 heavy (non-hydrogen) atoms. The number of fused-ring (bicyclic) bond motifs is 1. The Morgan fingerprint density at radius 3 is 2.67 bits per heavy atom. The fourth-order valence-corrected chi connectivity index (χ4v) is 3.95. The molecule has 4 rings (SSSR count). The number of benzene rings is 2. The number of hydrogen-bond acceptors (Lipinski definition) is 4. The van der Waals surface area contributed by atoms with Gasteiger partial charge in [0, 0.05) is 13.1 Å². The smallest absolute Gasteiger partial charge is 0.407 e. The molecule has 0 saturated carbocycles. The van der Waals surface area contributed by atoms with Gasteiger partial charge in [0.2, 0.25) is 5.95 Å². The molecule has 1 amide bonds. The van der Waals surface area contributed by atoms with Gasteiger partial charge in [-0.05, 0) is 57.4 Å². The minimum absolute atomic E-state index is 0.0478. The minimum atomic E-state index is -0.496. The van der Waals surface area contributed by atoms with E-state index in [1.165, 1.54) is 11.1 Å². The van der Waals surface area contributed by atoms with Crippen LogP contribution in [0.25, 0.3) is 11.0 Å². The number of anilines is 1. The molecule has 1 aromatic heterocycles. The van der Waals surface area contributed by atoms with Crippen LogP contribution in [0, 0.1) is 6.92 Å². The van der Waals surface area contributed by atoms with Gasteiger partial charge in [-0.3, -0.25) is 0 Å². The van der Waals surface area contributed by atoms with Crippen LogP contribution in [-0.2, 0) is 11.3 Å². The lowest BCUT2D eigenvalue weighted by molar-refractivity contribution is 0.0509. The summed E-state index contributed by atoms with van der Waals surface area (Å²) in [5.41, 5.74) is 4.17. The minimum Gasteiger partial charge on any atom is -0.444 e. The first-order chi connectivity index (χ1) is 14.3. The quantitative estimate of drug-likeness (QED) is 0.693. The number of amides is 1. The molecule has 1 atom stereocenters. The molecule has 2 aromatic carbocycles. The number of hydrogen-bond donors (Lipinski definition) is 1. The summed E-state index contributed by atoms with van der Waals surface area (Å²) in [6.07, 6.45) is 0.509. The van der Waals surface area contributed by atoms with E-state index in [0.717, 1.165) is 43.0 Å². The number of carbonyl (C=O) groups excluding carboxylic acids is 1. The van der Waals surface area contributed by atoms with Gasteiger partial charge in [-0.25, -0.2) is 9.78 Å². The van der Waals surface area contributed by atoms with Crippen molar-refractivity contribution >= 4 is 23.1 Å². The molecule has 0 bridgehead atoms. The lowest BCUT2D eigenvalue weighted by atomic mass is 10.1. The van der Waals surface area contributed by atoms with Gasteiger partial charge in [0.25, 0.3) is 0 Å². The largest absolute Gasteiger partial charge is 0.444 e. The Kier molecular flexibility index (Phi) is 5.41. The summed E-state index contributed by atoms with van der Waals surface area (Å²) in [6, 6.07) is 16.8. The van der Waals surface area contributed by atoms with Crippen LogP contribution in [0.2, 0.25) is 0 Å². The Morgan fingerprint density at radius 2 is 1.90 bits per heavy atom. The third-order valence-electron chi connectivity index (χ3n) is 5.42. The van der Waals surface area contributed by atoms with E-state index in [2.05, 4.69) is 64.2 Å². The summed E-state index contributed by atoms with van der Waals surface area (Å²) in [7, 11) is 0. The average Bonchev–Trinajstić information content (AvgIpc) is 3.27. The zero-order chi connectivity index (χ0) is 21.3. The van der Waals surface area contributed by atoms with Gasteiger partial charge in [-0.15, -0.1) is 0 Å². The number of nitrogens with zero attached hydrogens (tertiary/aromatic N) is 3. The fourth-order valence-electron chi connectivity index (χ4n) is 3.95. The van der Waals surface area contributed by atoms with E-state index in [9.17, 15) is 4.79 Å². The highest BCUT2D eigenvalue weighted by Gasteiger charge is 2.29. The first-order valence-corrected chi connectivity index (χ1v) is 10.5. The van der Waals surface area contributed by atoms with E-state index >= 15 is 0 Å². The number of aromatic nitrogens is 2. The zero-order valence-electron chi connectivity index (χ0n) is 18.2. The van der Waals surface area contributed by atoms with Gasteiger partial charge < -0.3 is 19.5 Å². The predicted molar refractivity (Wildman–Crippen MR) is 120 cm³/mol. The fraction of sp³-hybridized carbons (Fsp3) is 0.417. The second-order valence-electron chi connectivity index (χ2n) is 8.99. The number of para-hydroxylation sites is 2. The van der Waals surface area contributed by atoms with Gasteiger partial charge in [0.15, 0.2) is 0 Å². The Balaban J connectivity index is 1.57. The third-order valence-corrected chi connectivity index (χ3v) is 5.42. The molecule has 0 radical (unpaired) electrons. The van der Waals surface area contributed by atoms with Gasteiger partial charge in [-0.2, -0.15) is 0 Å². The van der Waals surface area contributed by atoms with E-state index in [0.29, 0.717) is 0 Å². The molecule has 6 nitrogen and oxygen atoms in total. The lowest BCUT2D eigenvalue weighted by Crippen LogP contribution is -2.40. The SMILES string of the molecule is Cc1ccccc1Cn1c(N2CC[C@H](NC(=O)OC(C)(C)C)C2)nc2ccccc21. The Hall–Kier alpha value is -3.02. The third kappa shape index (κ3) is 4.42. The first kappa shape index (κ1) is 20.3. The van der Waals surface area contributed by atoms with Crippen molar-refractivity contribution in [2.75, 3.05) is 18.0 Å². The van der Waals surface area contributed by atoms with Crippen molar-refractivity contribution in [3.63, 3.8) is 0 Å². The van der Waals surface area contributed by atoms with Crippen molar-refractivity contribution in [1.82, 2.24) is 14.9 Å². The molecule has 158 valence electrons. The number of aryl methyl sites for hydroxylation is 1. The normalized spacial score (nSPS) is 16.8. The van der Waals surface area contributed by atoms with E-state index in [1.54, 1.807) is 0 Å². The second-order valence-corrected chi connectivity index (χ2v) is 8.99. The summed E-state index contributed by atoms with van der Waals surface area (Å²) in [6.45, 7) is 10.1. The van der Waals surface area contributed by atoms with E-state index < -0.39 is 5.60 Å². The van der Waals surface area contributed by atoms with Crippen molar-refractivity contribution in [2.45, 2.75) is 52.3 Å². The molecule has 1 N–H and O–H groups in total. The number of alkyl carbamates (subject to hydrolysis) is 1. The van der Waals surface area contributed by atoms with Gasteiger partial charge >= 0.3 is 6.09 Å². The van der Waals surface area contributed by atoms with Gasteiger partial charge in [0.05, 0.1) is 23.6 Å². The Bertz CT molecular complexity index is 1050. The first-order valence-electron chi connectivity index (χ1n) is 10.5. The molecular weight excluding hydrogens is 376 g/mol. The van der Waals surface area contributed by atoms with Crippen LogP contribution in [0.15, 0.2) is 48.5 Å². The molecule has 1 fully saturated rings. The molecule has 0 aliphatic carbocycles. The molecule has 1 aliphatic heterocycles. The van der Waals surface area contributed by atoms with Crippen molar-refractivity contribution in [2.24, 2.45) is 0 Å². The van der Waals surface area contributed by atoms with Crippen LogP contribution in [0.5, 0.6) is 0 Å². The number of imidazole rings is 1. The molecule has 0 spiro atoms. The maximum absolute atomic E-state index is 12.2. The number of rotatable bonds is 4. The highest BCUT2D eigenvalue weighted by atomic mass is 16.6. The summed E-state index contributed by atoms with van der Waals surface area (Å²) in [4.78, 5) is 19.4. The summed E-state index contributed by atoms with van der Waals surface area (Å²) < 4.78 is 7.70. The van der Waals surface area contributed by atoms with E-state index in [-0.39, 0.29) is 12.1 Å². The lowest BCUT2D eigenvalue weighted by Gasteiger charge is -2.22. The zero-order valence-corrected chi connectivity index (χ0v) is 18.2. The maximum atomic E-state index is 12.2. The predicted octanol–water partition coefficient (Wildman–Crippen LogP) is 4.50. The summed E-state index contributed by atoms with van der Waals surface area (Å²) in [5, 5.41) is 3.01. The van der Waals surface area contributed by atoms with Crippen molar-refractivity contribution in [3.05, 3.63) is 59.7 Å². The van der Waals surface area contributed by atoms with E-state index in [1.807, 2.05) is 26.8 Å². The Labute approximate surface area is 177 Å². The molecule has 2 heterocycles. The summed E-state index contributed by atoms with van der Waals surface area (Å²) >= 11 is 0. The van der Waals surface area contributed by atoms with E-state index in [4.69, 9.17) is 9.72 Å². The number of carbonyl (C=O) groups is 1. The van der Waals surface area contributed by atoms with Crippen molar-refractivity contribution < 1.29 is 9.53 Å². The van der Waals surface area contributed by atoms with Crippen molar-refractivity contribution in [1.29, 1.82) is 0 Å². The Morgan fingerprint density at radius 1 is 1.17 bits per heavy atom. The van der Waals surface area contributed by atoms with Crippen molar-refractivity contribution in [3.8, 4) is 0 Å². The second kappa shape index (κ2) is 8.01. The highest BCUT2D eigenvalue weighted by Crippen LogP contribution is 2.27. The summed E-state index contributed by atoms with van der Waals surface area (Å²) in [5.74, 6) is 0.952. The molecular formula is C24H30N4O2. The van der Waals surface area contributed by atoms with Crippen LogP contribution in [-0.4, -0.2) is 40.4 Å². The number of nitrogens with one attached hydrogen (secondary N) is 1. The van der Waals surface area contributed by atoms with Crippen LogP contribution in [0.4, 0.5) is 10.7 Å². The molecule has 6 heteroatoms. The van der Waals surface area contributed by atoms with Crippen LogP contribution in [0.1, 0.15) is 38.3 Å². The van der Waals surface area contributed by atoms with Crippen LogP contribution < -0.4 is 10.2 Å². The van der Waals surface area contributed by atoms with Gasteiger partial charge in [0.1, 0.15) is 5.60 Å². The molecule has 0 unspecified atom stereocenters. The highest BCUT2D eigenvalue weighted by molar-refractivity contribution is 5.79. The maximum Gasteiger partial charge on any atom is 0.407 e. The van der Waals surface area contributed by atoms with Crippen LogP contribution >= 0.6 is 0 Å². The molecule has 1 saturated heterocycles. The van der Waals surface area contributed by atoms with Gasteiger partial charge in [-0.1, -0.05) is 36.4 Å². The topological polar surface area (TPSA) is 59.4 Å². The number of ether oxygens (including phenoxy) is 1. The monoisotopic (exact) mass is 406 g/mol.